The van der Waals surface area contributed by atoms with Crippen molar-refractivity contribution in [3.8, 4) is 11.5 Å². The lowest BCUT2D eigenvalue weighted by atomic mass is 10.00. The summed E-state index contributed by atoms with van der Waals surface area (Å²) >= 11 is 3.68. The largest absolute Gasteiger partial charge is 0.493 e. The molecule has 0 spiro atoms. The van der Waals surface area contributed by atoms with Gasteiger partial charge in [-0.15, -0.1) is 0 Å². The van der Waals surface area contributed by atoms with Crippen LogP contribution in [0.5, 0.6) is 11.5 Å². The van der Waals surface area contributed by atoms with Gasteiger partial charge in [-0.2, -0.15) is 0 Å². The fourth-order valence-corrected chi connectivity index (χ4v) is 3.28. The molecule has 1 fully saturated rings. The molecule has 2 rings (SSSR count). The van der Waals surface area contributed by atoms with E-state index in [1.54, 1.807) is 14.2 Å². The number of hydrogen-bond acceptors (Lipinski definition) is 3. The molecule has 0 heterocycles. The molecule has 0 aliphatic heterocycles. The van der Waals surface area contributed by atoms with Crippen LogP contribution in [-0.4, -0.2) is 20.8 Å². The van der Waals surface area contributed by atoms with Crippen molar-refractivity contribution in [3.63, 3.8) is 0 Å². The van der Waals surface area contributed by atoms with Gasteiger partial charge in [-0.1, -0.05) is 29.8 Å². The Bertz CT molecular complexity index is 464. The van der Waals surface area contributed by atoms with Crippen LogP contribution in [0.15, 0.2) is 16.6 Å². The molecule has 1 aromatic rings. The first kappa shape index (κ1) is 15.6. The van der Waals surface area contributed by atoms with E-state index >= 15 is 0 Å². The quantitative estimate of drug-likeness (QED) is 0.807. The average Bonchev–Trinajstić information content (AvgIpc) is 3.17. The molecule has 0 aromatic heterocycles. The number of halogens is 1. The molecule has 1 aromatic carbocycles. The van der Waals surface area contributed by atoms with Crippen LogP contribution in [0.25, 0.3) is 0 Å². The van der Waals surface area contributed by atoms with E-state index in [4.69, 9.17) is 9.47 Å². The Labute approximate surface area is 130 Å². The van der Waals surface area contributed by atoms with Crippen LogP contribution < -0.4 is 14.8 Å². The second kappa shape index (κ2) is 6.81. The van der Waals surface area contributed by atoms with Crippen LogP contribution >= 0.6 is 15.9 Å². The number of hydrogen-bond donors (Lipinski definition) is 1. The molecule has 1 aliphatic carbocycles. The Morgan fingerprint density at radius 3 is 2.40 bits per heavy atom. The Morgan fingerprint density at radius 1 is 1.30 bits per heavy atom. The van der Waals surface area contributed by atoms with E-state index in [0.717, 1.165) is 40.8 Å². The third kappa shape index (κ3) is 3.29. The van der Waals surface area contributed by atoms with Crippen molar-refractivity contribution in [3.05, 3.63) is 22.2 Å². The molecule has 0 amide bonds. The highest BCUT2D eigenvalue weighted by molar-refractivity contribution is 9.10. The summed E-state index contributed by atoms with van der Waals surface area (Å²) in [6.45, 7) is 5.55. The van der Waals surface area contributed by atoms with Crippen LogP contribution in [0.1, 0.15) is 38.3 Å². The van der Waals surface area contributed by atoms with E-state index in [1.165, 1.54) is 12.0 Å². The number of rotatable bonds is 7. The predicted octanol–water partition coefficient (Wildman–Crippen LogP) is 4.16. The number of ether oxygens (including phenoxy) is 2. The van der Waals surface area contributed by atoms with E-state index in [0.29, 0.717) is 6.04 Å². The van der Waals surface area contributed by atoms with Gasteiger partial charge in [0.25, 0.3) is 0 Å². The second-order valence-corrected chi connectivity index (χ2v) is 6.39. The topological polar surface area (TPSA) is 30.5 Å². The highest BCUT2D eigenvalue weighted by Crippen LogP contribution is 2.49. The zero-order chi connectivity index (χ0) is 14.7. The SMILES string of the molecule is CCCNC(c1cc(OC)c(OC)cc1Br)C1CC1C. The summed E-state index contributed by atoms with van der Waals surface area (Å²) in [5, 5.41) is 3.68. The number of nitrogens with one attached hydrogen (secondary N) is 1. The van der Waals surface area contributed by atoms with E-state index in [2.05, 4.69) is 41.2 Å². The molecule has 4 heteroatoms. The number of methoxy groups -OCH3 is 2. The third-order valence-electron chi connectivity index (χ3n) is 4.05. The van der Waals surface area contributed by atoms with Crippen molar-refractivity contribution in [2.24, 2.45) is 11.8 Å². The smallest absolute Gasteiger partial charge is 0.161 e. The summed E-state index contributed by atoms with van der Waals surface area (Å²) in [5.41, 5.74) is 1.27. The standard InChI is InChI=1S/C16H24BrNO2/c1-5-6-18-16(11-7-10(11)2)12-8-14(19-3)15(20-4)9-13(12)17/h8-11,16,18H,5-7H2,1-4H3. The molecule has 1 saturated carbocycles. The molecule has 112 valence electrons. The van der Waals surface area contributed by atoms with Gasteiger partial charge in [0, 0.05) is 10.5 Å². The average molecular weight is 342 g/mol. The van der Waals surface area contributed by atoms with Gasteiger partial charge in [0.2, 0.25) is 0 Å². The molecule has 1 N–H and O–H groups in total. The van der Waals surface area contributed by atoms with Gasteiger partial charge in [0.1, 0.15) is 0 Å². The van der Waals surface area contributed by atoms with Crippen LogP contribution in [0.3, 0.4) is 0 Å². The highest BCUT2D eigenvalue weighted by Gasteiger charge is 2.40. The van der Waals surface area contributed by atoms with Crippen LogP contribution in [0.4, 0.5) is 0 Å². The molecule has 20 heavy (non-hydrogen) atoms. The lowest BCUT2D eigenvalue weighted by Gasteiger charge is -2.22. The first-order valence-electron chi connectivity index (χ1n) is 7.27. The van der Waals surface area contributed by atoms with Crippen LogP contribution in [0, 0.1) is 11.8 Å². The van der Waals surface area contributed by atoms with Gasteiger partial charge in [-0.05, 0) is 48.9 Å². The van der Waals surface area contributed by atoms with Gasteiger partial charge < -0.3 is 14.8 Å². The zero-order valence-corrected chi connectivity index (χ0v) is 14.3. The van der Waals surface area contributed by atoms with Crippen molar-refractivity contribution in [1.82, 2.24) is 5.32 Å². The molecule has 0 bridgehead atoms. The molecule has 0 radical (unpaired) electrons. The lowest BCUT2D eigenvalue weighted by molar-refractivity contribution is 0.352. The fraction of sp³-hybridized carbons (Fsp3) is 0.625. The van der Waals surface area contributed by atoms with Gasteiger partial charge in [0.15, 0.2) is 11.5 Å². The molecule has 3 unspecified atom stereocenters. The van der Waals surface area contributed by atoms with Gasteiger partial charge in [-0.25, -0.2) is 0 Å². The van der Waals surface area contributed by atoms with Crippen LogP contribution in [0.2, 0.25) is 0 Å². The molecule has 3 nitrogen and oxygen atoms in total. The molecular formula is C16H24BrNO2. The molecule has 0 saturated heterocycles. The summed E-state index contributed by atoms with van der Waals surface area (Å²) in [6.07, 6.45) is 2.44. The van der Waals surface area contributed by atoms with Crippen molar-refractivity contribution < 1.29 is 9.47 Å². The molecule has 1 aliphatic rings. The maximum atomic E-state index is 5.44. The minimum atomic E-state index is 0.388. The summed E-state index contributed by atoms with van der Waals surface area (Å²) in [7, 11) is 3.35. The first-order valence-corrected chi connectivity index (χ1v) is 8.06. The normalized spacial score (nSPS) is 22.4. The van der Waals surface area contributed by atoms with Crippen molar-refractivity contribution in [2.75, 3.05) is 20.8 Å². The second-order valence-electron chi connectivity index (χ2n) is 5.54. The monoisotopic (exact) mass is 341 g/mol. The van der Waals surface area contributed by atoms with E-state index in [-0.39, 0.29) is 0 Å². The minimum absolute atomic E-state index is 0.388. The first-order chi connectivity index (χ1) is 9.62. The minimum Gasteiger partial charge on any atom is -0.493 e. The summed E-state index contributed by atoms with van der Waals surface area (Å²) < 4.78 is 11.9. The maximum Gasteiger partial charge on any atom is 0.161 e. The van der Waals surface area contributed by atoms with E-state index < -0.39 is 0 Å². The Kier molecular flexibility index (Phi) is 5.33. The van der Waals surface area contributed by atoms with E-state index in [9.17, 15) is 0 Å². The van der Waals surface area contributed by atoms with Crippen molar-refractivity contribution in [1.29, 1.82) is 0 Å². The summed E-state index contributed by atoms with van der Waals surface area (Å²) in [4.78, 5) is 0. The predicted molar refractivity (Wildman–Crippen MR) is 85.6 cm³/mol. The van der Waals surface area contributed by atoms with Crippen molar-refractivity contribution in [2.45, 2.75) is 32.7 Å². The van der Waals surface area contributed by atoms with Crippen molar-refractivity contribution >= 4 is 15.9 Å². The Morgan fingerprint density at radius 2 is 1.90 bits per heavy atom. The zero-order valence-electron chi connectivity index (χ0n) is 12.7. The highest BCUT2D eigenvalue weighted by atomic mass is 79.9. The summed E-state index contributed by atoms with van der Waals surface area (Å²) in [6, 6.07) is 4.49. The van der Waals surface area contributed by atoms with Gasteiger partial charge >= 0.3 is 0 Å². The third-order valence-corrected chi connectivity index (χ3v) is 4.74. The maximum absolute atomic E-state index is 5.44. The lowest BCUT2D eigenvalue weighted by Crippen LogP contribution is -2.24. The van der Waals surface area contributed by atoms with Gasteiger partial charge in [0.05, 0.1) is 14.2 Å². The molecule has 3 atom stereocenters. The summed E-state index contributed by atoms with van der Waals surface area (Å²) in [5.74, 6) is 3.07. The van der Waals surface area contributed by atoms with Crippen LogP contribution in [-0.2, 0) is 0 Å². The van der Waals surface area contributed by atoms with Gasteiger partial charge in [-0.3, -0.25) is 0 Å². The number of benzene rings is 1. The Hall–Kier alpha value is -0.740. The Balaban J connectivity index is 2.31. The van der Waals surface area contributed by atoms with E-state index in [1.807, 2.05) is 6.07 Å². The fourth-order valence-electron chi connectivity index (χ4n) is 2.72. The molecular weight excluding hydrogens is 318 g/mol.